The van der Waals surface area contributed by atoms with E-state index in [1.54, 1.807) is 26.4 Å². The zero-order valence-corrected chi connectivity index (χ0v) is 12.9. The van der Waals surface area contributed by atoms with Crippen LogP contribution in [0.1, 0.15) is 42.5 Å². The van der Waals surface area contributed by atoms with E-state index < -0.39 is 0 Å². The smallest absolute Gasteiger partial charge is 0.255 e. The minimum Gasteiger partial charge on any atom is -0.385 e. The number of carbonyl (C=O) groups excluding carboxylic acids is 1. The molecule has 0 bridgehead atoms. The molecule has 1 aliphatic rings. The molecule has 0 N–H and O–H groups in total. The molecule has 1 atom stereocenters. The fourth-order valence-electron chi connectivity index (χ4n) is 2.92. The molecule has 0 aliphatic carbocycles. The molecule has 0 unspecified atom stereocenters. The summed E-state index contributed by atoms with van der Waals surface area (Å²) in [7, 11) is 3.37. The van der Waals surface area contributed by atoms with E-state index in [4.69, 9.17) is 4.74 Å². The van der Waals surface area contributed by atoms with Crippen LogP contribution in [0, 0.1) is 0 Å². The second-order valence-corrected chi connectivity index (χ2v) is 5.65. The zero-order valence-electron chi connectivity index (χ0n) is 12.9. The van der Waals surface area contributed by atoms with Gasteiger partial charge >= 0.3 is 0 Å². The number of piperidine rings is 1. The first-order valence-corrected chi connectivity index (χ1v) is 7.60. The second-order valence-electron chi connectivity index (χ2n) is 5.65. The monoisotopic (exact) mass is 292 g/mol. The summed E-state index contributed by atoms with van der Waals surface area (Å²) in [6.07, 6.45) is 6.86. The van der Waals surface area contributed by atoms with E-state index in [1.165, 1.54) is 17.1 Å². The molecular weight excluding hydrogens is 268 g/mol. The molecule has 1 fully saturated rings. The third kappa shape index (κ3) is 3.94. The lowest BCUT2D eigenvalue weighted by molar-refractivity contribution is 0.0584. The quantitative estimate of drug-likeness (QED) is 0.778. The molecule has 0 saturated carbocycles. The fraction of sp³-hybridized carbons (Fsp3) is 0.625. The lowest BCUT2D eigenvalue weighted by Crippen LogP contribution is -2.44. The third-order valence-electron chi connectivity index (χ3n) is 4.11. The number of methoxy groups -OCH3 is 1. The minimum absolute atomic E-state index is 0.0349. The fourth-order valence-corrected chi connectivity index (χ4v) is 2.92. The molecule has 1 saturated heterocycles. The van der Waals surface area contributed by atoms with Gasteiger partial charge in [0, 0.05) is 45.6 Å². The van der Waals surface area contributed by atoms with Crippen LogP contribution in [0.5, 0.6) is 0 Å². The van der Waals surface area contributed by atoms with Crippen LogP contribution in [-0.4, -0.2) is 41.7 Å². The standard InChI is InChI=1S/C16H24N2O3/c1-17-12-13(8-9-15(17)19)16(20)18-10-4-3-6-14(18)7-5-11-21-2/h8-9,12,14H,3-7,10-11H2,1-2H3/t14-/m1/s1. The van der Waals surface area contributed by atoms with Crippen LogP contribution in [0.15, 0.2) is 23.1 Å². The normalized spacial score (nSPS) is 18.8. The summed E-state index contributed by atoms with van der Waals surface area (Å²) >= 11 is 0. The molecule has 1 aromatic heterocycles. The Labute approximate surface area is 125 Å². The molecule has 0 spiro atoms. The van der Waals surface area contributed by atoms with Crippen LogP contribution in [0.25, 0.3) is 0 Å². The first-order chi connectivity index (χ1) is 10.1. The first kappa shape index (κ1) is 15.8. The predicted molar refractivity (Wildman–Crippen MR) is 81.5 cm³/mol. The van der Waals surface area contributed by atoms with Gasteiger partial charge < -0.3 is 14.2 Å². The van der Waals surface area contributed by atoms with E-state index in [1.807, 2.05) is 4.90 Å². The van der Waals surface area contributed by atoms with E-state index in [0.717, 1.165) is 38.8 Å². The topological polar surface area (TPSA) is 51.5 Å². The second kappa shape index (κ2) is 7.41. The van der Waals surface area contributed by atoms with Gasteiger partial charge in [-0.25, -0.2) is 0 Å². The molecule has 1 aliphatic heterocycles. The Morgan fingerprint density at radius 3 is 2.90 bits per heavy atom. The SMILES string of the molecule is COCCC[C@H]1CCCCN1C(=O)c1ccc(=O)n(C)c1. The van der Waals surface area contributed by atoms with Crippen LogP contribution < -0.4 is 5.56 Å². The van der Waals surface area contributed by atoms with Gasteiger partial charge in [0.1, 0.15) is 0 Å². The van der Waals surface area contributed by atoms with Crippen LogP contribution in [0.4, 0.5) is 0 Å². The highest BCUT2D eigenvalue weighted by atomic mass is 16.5. The Kier molecular flexibility index (Phi) is 5.56. The number of aromatic nitrogens is 1. The molecule has 21 heavy (non-hydrogen) atoms. The van der Waals surface area contributed by atoms with E-state index >= 15 is 0 Å². The van der Waals surface area contributed by atoms with Crippen LogP contribution in [0.2, 0.25) is 0 Å². The van der Waals surface area contributed by atoms with Crippen LogP contribution in [-0.2, 0) is 11.8 Å². The Morgan fingerprint density at radius 1 is 1.38 bits per heavy atom. The van der Waals surface area contributed by atoms with Crippen molar-refractivity contribution in [2.24, 2.45) is 7.05 Å². The molecule has 5 heteroatoms. The van der Waals surface area contributed by atoms with Crippen molar-refractivity contribution in [2.45, 2.75) is 38.1 Å². The summed E-state index contributed by atoms with van der Waals surface area (Å²) < 4.78 is 6.56. The summed E-state index contributed by atoms with van der Waals surface area (Å²) in [6.45, 7) is 1.54. The van der Waals surface area contributed by atoms with Gasteiger partial charge in [-0.2, -0.15) is 0 Å². The van der Waals surface area contributed by atoms with Gasteiger partial charge in [0.15, 0.2) is 0 Å². The summed E-state index contributed by atoms with van der Waals surface area (Å²) in [5.41, 5.74) is 0.498. The lowest BCUT2D eigenvalue weighted by atomic mass is 9.97. The number of nitrogens with zero attached hydrogens (tertiary/aromatic N) is 2. The van der Waals surface area contributed by atoms with Gasteiger partial charge in [0.25, 0.3) is 5.91 Å². The first-order valence-electron chi connectivity index (χ1n) is 7.60. The summed E-state index contributed by atoms with van der Waals surface area (Å²) in [5, 5.41) is 0. The maximum Gasteiger partial charge on any atom is 0.255 e. The summed E-state index contributed by atoms with van der Waals surface area (Å²) in [6, 6.07) is 3.38. The highest BCUT2D eigenvalue weighted by Gasteiger charge is 2.27. The molecule has 0 aromatic carbocycles. The minimum atomic E-state index is -0.0955. The maximum atomic E-state index is 12.7. The van der Waals surface area contributed by atoms with Crippen molar-refractivity contribution in [2.75, 3.05) is 20.3 Å². The number of aryl methyl sites for hydroxylation is 1. The van der Waals surface area contributed by atoms with Crippen molar-refractivity contribution in [1.82, 2.24) is 9.47 Å². The van der Waals surface area contributed by atoms with Crippen molar-refractivity contribution in [1.29, 1.82) is 0 Å². The molecule has 1 aromatic rings. The van der Waals surface area contributed by atoms with Crippen molar-refractivity contribution < 1.29 is 9.53 Å². The Balaban J connectivity index is 2.10. The summed E-state index contributed by atoms with van der Waals surface area (Å²) in [4.78, 5) is 26.1. The third-order valence-corrected chi connectivity index (χ3v) is 4.11. The largest absolute Gasteiger partial charge is 0.385 e. The number of ether oxygens (including phenoxy) is 1. The number of pyridine rings is 1. The predicted octanol–water partition coefficient (Wildman–Crippen LogP) is 1.81. The summed E-state index contributed by atoms with van der Waals surface area (Å²) in [5.74, 6) is 0.0349. The Morgan fingerprint density at radius 2 is 2.19 bits per heavy atom. The van der Waals surface area contributed by atoms with Crippen molar-refractivity contribution in [3.63, 3.8) is 0 Å². The van der Waals surface area contributed by atoms with E-state index in [2.05, 4.69) is 0 Å². The molecule has 1 amide bonds. The number of hydrogen-bond donors (Lipinski definition) is 0. The van der Waals surface area contributed by atoms with Crippen molar-refractivity contribution >= 4 is 5.91 Å². The highest BCUT2D eigenvalue weighted by molar-refractivity contribution is 5.94. The average Bonchev–Trinajstić information content (AvgIpc) is 2.50. The van der Waals surface area contributed by atoms with Gasteiger partial charge in [0.2, 0.25) is 5.56 Å². The number of hydrogen-bond acceptors (Lipinski definition) is 3. The van der Waals surface area contributed by atoms with E-state index in [0.29, 0.717) is 11.6 Å². The molecule has 0 radical (unpaired) electrons. The zero-order chi connectivity index (χ0) is 15.2. The molecule has 5 nitrogen and oxygen atoms in total. The molecule has 2 heterocycles. The van der Waals surface area contributed by atoms with Gasteiger partial charge in [-0.05, 0) is 38.2 Å². The van der Waals surface area contributed by atoms with Crippen LogP contribution in [0.3, 0.4) is 0 Å². The Hall–Kier alpha value is -1.62. The highest BCUT2D eigenvalue weighted by Crippen LogP contribution is 2.22. The van der Waals surface area contributed by atoms with Crippen molar-refractivity contribution in [3.05, 3.63) is 34.2 Å². The molecule has 2 rings (SSSR count). The van der Waals surface area contributed by atoms with Crippen LogP contribution >= 0.6 is 0 Å². The van der Waals surface area contributed by atoms with E-state index in [-0.39, 0.29) is 11.5 Å². The van der Waals surface area contributed by atoms with Gasteiger partial charge in [-0.1, -0.05) is 0 Å². The van der Waals surface area contributed by atoms with E-state index in [9.17, 15) is 9.59 Å². The van der Waals surface area contributed by atoms with Gasteiger partial charge in [-0.15, -0.1) is 0 Å². The Bertz CT molecular complexity index is 539. The van der Waals surface area contributed by atoms with Crippen molar-refractivity contribution in [3.8, 4) is 0 Å². The van der Waals surface area contributed by atoms with Gasteiger partial charge in [0.05, 0.1) is 5.56 Å². The number of rotatable bonds is 5. The van der Waals surface area contributed by atoms with Gasteiger partial charge in [-0.3, -0.25) is 9.59 Å². The number of likely N-dealkylation sites (tertiary alicyclic amines) is 1. The lowest BCUT2D eigenvalue weighted by Gasteiger charge is -2.36. The number of amides is 1. The maximum absolute atomic E-state index is 12.7. The molecule has 116 valence electrons. The number of carbonyl (C=O) groups is 1. The molecular formula is C16H24N2O3. The average molecular weight is 292 g/mol.